The molecule has 7 nitrogen and oxygen atoms in total. The van der Waals surface area contributed by atoms with Crippen LogP contribution in [0.1, 0.15) is 28.8 Å². The maximum absolute atomic E-state index is 12.8. The molecular formula is C22H24BrN3O4S. The van der Waals surface area contributed by atoms with Crippen LogP contribution in [0.25, 0.3) is 0 Å². The molecule has 0 aliphatic heterocycles. The van der Waals surface area contributed by atoms with Crippen molar-refractivity contribution in [1.29, 1.82) is 0 Å². The minimum Gasteiger partial charge on any atom is -0.490 e. The third-order valence-corrected chi connectivity index (χ3v) is 5.44. The van der Waals surface area contributed by atoms with Gasteiger partial charge in [-0.1, -0.05) is 22.0 Å². The molecule has 1 aliphatic rings. The number of amides is 2. The van der Waals surface area contributed by atoms with E-state index in [-0.39, 0.29) is 16.9 Å². The van der Waals surface area contributed by atoms with Crippen molar-refractivity contribution in [2.75, 3.05) is 31.0 Å². The summed E-state index contributed by atoms with van der Waals surface area (Å²) < 4.78 is 11.4. The molecule has 0 bridgehead atoms. The van der Waals surface area contributed by atoms with Crippen molar-refractivity contribution in [2.24, 2.45) is 5.92 Å². The quantitative estimate of drug-likeness (QED) is 0.367. The number of ether oxygens (including phenoxy) is 2. The van der Waals surface area contributed by atoms with E-state index in [2.05, 4.69) is 31.9 Å². The largest absolute Gasteiger partial charge is 0.490 e. The van der Waals surface area contributed by atoms with Gasteiger partial charge in [0.25, 0.3) is 5.91 Å². The normalized spacial score (nSPS) is 12.7. The Morgan fingerprint density at radius 1 is 1.13 bits per heavy atom. The van der Waals surface area contributed by atoms with Crippen molar-refractivity contribution in [2.45, 2.75) is 19.8 Å². The van der Waals surface area contributed by atoms with Crippen LogP contribution in [0.2, 0.25) is 0 Å². The lowest BCUT2D eigenvalue weighted by Gasteiger charge is -2.16. The molecule has 0 saturated heterocycles. The maximum atomic E-state index is 12.8. The number of hydrogen-bond acceptors (Lipinski definition) is 5. The number of anilines is 2. The third-order valence-electron chi connectivity index (χ3n) is 4.75. The summed E-state index contributed by atoms with van der Waals surface area (Å²) in [6.45, 7) is 2.61. The molecule has 2 aromatic carbocycles. The second kappa shape index (κ2) is 10.7. The lowest BCUT2D eigenvalue weighted by Crippen LogP contribution is -2.34. The van der Waals surface area contributed by atoms with Crippen LogP contribution in [-0.4, -0.2) is 37.3 Å². The van der Waals surface area contributed by atoms with Crippen molar-refractivity contribution < 1.29 is 19.1 Å². The molecule has 0 atom stereocenters. The van der Waals surface area contributed by atoms with E-state index in [1.54, 1.807) is 25.3 Å². The van der Waals surface area contributed by atoms with Crippen LogP contribution >= 0.6 is 28.1 Å². The molecule has 0 unspecified atom stereocenters. The number of rotatable bonds is 8. The molecule has 31 heavy (non-hydrogen) atoms. The van der Waals surface area contributed by atoms with E-state index < -0.39 is 5.91 Å². The molecule has 0 aromatic heterocycles. The monoisotopic (exact) mass is 505 g/mol. The van der Waals surface area contributed by atoms with Crippen LogP contribution < -0.4 is 20.7 Å². The Balaban J connectivity index is 1.66. The number of methoxy groups -OCH3 is 1. The minimum atomic E-state index is -0.401. The van der Waals surface area contributed by atoms with Gasteiger partial charge in [-0.05, 0) is 67.9 Å². The number of carbonyl (C=O) groups excluding carboxylic acids is 2. The van der Waals surface area contributed by atoms with Gasteiger partial charge in [0.15, 0.2) is 5.11 Å². The first-order valence-corrected chi connectivity index (χ1v) is 11.0. The molecule has 3 rings (SSSR count). The summed E-state index contributed by atoms with van der Waals surface area (Å²) in [5, 5.41) is 8.80. The predicted molar refractivity (Wildman–Crippen MR) is 128 cm³/mol. The highest BCUT2D eigenvalue weighted by atomic mass is 79.9. The van der Waals surface area contributed by atoms with E-state index in [4.69, 9.17) is 21.7 Å². The first kappa shape index (κ1) is 23.2. The number of halogens is 1. The minimum absolute atomic E-state index is 0.0341. The molecule has 3 N–H and O–H groups in total. The fourth-order valence-electron chi connectivity index (χ4n) is 2.85. The smallest absolute Gasteiger partial charge is 0.261 e. The number of thiocarbonyl (C=S) groups is 1. The van der Waals surface area contributed by atoms with Crippen molar-refractivity contribution >= 4 is 56.4 Å². The number of carbonyl (C=O) groups is 2. The second-order valence-corrected chi connectivity index (χ2v) is 8.46. The molecule has 0 heterocycles. The van der Waals surface area contributed by atoms with Crippen molar-refractivity contribution in [1.82, 2.24) is 5.32 Å². The highest BCUT2D eigenvalue weighted by molar-refractivity contribution is 9.10. The van der Waals surface area contributed by atoms with Crippen molar-refractivity contribution in [3.63, 3.8) is 0 Å². The van der Waals surface area contributed by atoms with Crippen molar-refractivity contribution in [3.05, 3.63) is 52.0 Å². The summed E-state index contributed by atoms with van der Waals surface area (Å²) >= 11 is 8.71. The van der Waals surface area contributed by atoms with Gasteiger partial charge in [-0.25, -0.2) is 0 Å². The maximum Gasteiger partial charge on any atom is 0.261 e. The van der Waals surface area contributed by atoms with Crippen LogP contribution in [0.3, 0.4) is 0 Å². The standard InChI is InChI=1S/C22H24BrN3O4S/c1-13-17(24-20(27)14-6-7-14)4-3-5-18(13)25-22(31)26-21(28)16-12-15(23)8-9-19(16)30-11-10-29-2/h3-5,8-9,12,14H,6-7,10-11H2,1-2H3,(H,24,27)(H2,25,26,28,31). The first-order chi connectivity index (χ1) is 14.9. The number of benzene rings is 2. The lowest BCUT2D eigenvalue weighted by molar-refractivity contribution is -0.117. The van der Waals surface area contributed by atoms with Crippen LogP contribution in [0.15, 0.2) is 40.9 Å². The first-order valence-electron chi connectivity index (χ1n) is 9.83. The van der Waals surface area contributed by atoms with E-state index in [1.165, 1.54) is 0 Å². The molecule has 1 saturated carbocycles. The van der Waals surface area contributed by atoms with Crippen LogP contribution in [-0.2, 0) is 9.53 Å². The summed E-state index contributed by atoms with van der Waals surface area (Å²) in [5.41, 5.74) is 2.59. The summed E-state index contributed by atoms with van der Waals surface area (Å²) in [7, 11) is 1.58. The lowest BCUT2D eigenvalue weighted by atomic mass is 10.1. The van der Waals surface area contributed by atoms with E-state index >= 15 is 0 Å². The summed E-state index contributed by atoms with van der Waals surface area (Å²) in [4.78, 5) is 24.9. The van der Waals surface area contributed by atoms with Gasteiger partial charge in [0.1, 0.15) is 12.4 Å². The number of nitrogens with one attached hydrogen (secondary N) is 3. The summed E-state index contributed by atoms with van der Waals surface area (Å²) in [6.07, 6.45) is 1.87. The van der Waals surface area contributed by atoms with Gasteiger partial charge in [0.05, 0.1) is 12.2 Å². The molecular weight excluding hydrogens is 482 g/mol. The zero-order chi connectivity index (χ0) is 22.4. The second-order valence-electron chi connectivity index (χ2n) is 7.13. The average molecular weight is 506 g/mol. The Labute approximate surface area is 195 Å². The molecule has 2 aromatic rings. The Morgan fingerprint density at radius 2 is 1.84 bits per heavy atom. The SMILES string of the molecule is COCCOc1ccc(Br)cc1C(=O)NC(=S)Nc1cccc(NC(=O)C2CC2)c1C. The Hall–Kier alpha value is -2.49. The van der Waals surface area contributed by atoms with Gasteiger partial charge >= 0.3 is 0 Å². The van der Waals surface area contributed by atoms with Gasteiger partial charge in [-0.2, -0.15) is 0 Å². The zero-order valence-corrected chi connectivity index (χ0v) is 19.7. The molecule has 0 spiro atoms. The van der Waals surface area contributed by atoms with Crippen LogP contribution in [0.5, 0.6) is 5.75 Å². The van der Waals surface area contributed by atoms with E-state index in [0.29, 0.717) is 30.2 Å². The molecule has 164 valence electrons. The molecule has 0 radical (unpaired) electrons. The Bertz CT molecular complexity index is 995. The summed E-state index contributed by atoms with van der Waals surface area (Å²) in [6, 6.07) is 10.7. The highest BCUT2D eigenvalue weighted by Crippen LogP contribution is 2.31. The fourth-order valence-corrected chi connectivity index (χ4v) is 3.42. The van der Waals surface area contributed by atoms with Gasteiger partial charge in [-0.15, -0.1) is 0 Å². The molecule has 1 aliphatic carbocycles. The molecule has 9 heteroatoms. The van der Waals surface area contributed by atoms with E-state index in [9.17, 15) is 9.59 Å². The highest BCUT2D eigenvalue weighted by Gasteiger charge is 2.29. The summed E-state index contributed by atoms with van der Waals surface area (Å²) in [5.74, 6) is 0.178. The van der Waals surface area contributed by atoms with Crippen LogP contribution in [0, 0.1) is 12.8 Å². The van der Waals surface area contributed by atoms with Crippen LogP contribution in [0.4, 0.5) is 11.4 Å². The van der Waals surface area contributed by atoms with Gasteiger partial charge in [0, 0.05) is 28.9 Å². The van der Waals surface area contributed by atoms with E-state index in [1.807, 2.05) is 25.1 Å². The molecule has 2 amide bonds. The van der Waals surface area contributed by atoms with Gasteiger partial charge in [-0.3, -0.25) is 14.9 Å². The topological polar surface area (TPSA) is 88.7 Å². The Kier molecular flexibility index (Phi) is 8.00. The van der Waals surface area contributed by atoms with Gasteiger partial charge in [0.2, 0.25) is 5.91 Å². The fraction of sp³-hybridized carbons (Fsp3) is 0.318. The predicted octanol–water partition coefficient (Wildman–Crippen LogP) is 4.26. The third kappa shape index (κ3) is 6.49. The zero-order valence-electron chi connectivity index (χ0n) is 17.3. The number of hydrogen-bond donors (Lipinski definition) is 3. The molecule has 1 fully saturated rings. The van der Waals surface area contributed by atoms with E-state index in [0.717, 1.165) is 28.6 Å². The van der Waals surface area contributed by atoms with Crippen molar-refractivity contribution in [3.8, 4) is 5.75 Å². The van der Waals surface area contributed by atoms with Gasteiger partial charge < -0.3 is 20.1 Å². The Morgan fingerprint density at radius 3 is 2.52 bits per heavy atom. The average Bonchev–Trinajstić information content (AvgIpc) is 3.57.